The molecule has 1 aromatic heterocycles. The molecule has 0 aliphatic carbocycles. The lowest BCUT2D eigenvalue weighted by Gasteiger charge is -2.06. The van der Waals surface area contributed by atoms with Gasteiger partial charge in [0, 0.05) is 5.56 Å². The third-order valence-corrected chi connectivity index (χ3v) is 3.66. The molecule has 98 valence electrons. The molecule has 0 amide bonds. The van der Waals surface area contributed by atoms with E-state index in [-0.39, 0.29) is 11.7 Å². The Bertz CT molecular complexity index is 652. The van der Waals surface area contributed by atoms with E-state index < -0.39 is 5.97 Å². The van der Waals surface area contributed by atoms with Crippen molar-refractivity contribution >= 4 is 17.3 Å². The first-order valence-electron chi connectivity index (χ1n) is 5.36. The minimum Gasteiger partial charge on any atom is -0.493 e. The van der Waals surface area contributed by atoms with Crippen LogP contribution in [-0.4, -0.2) is 30.0 Å². The van der Waals surface area contributed by atoms with Gasteiger partial charge in [-0.25, -0.2) is 9.78 Å². The lowest BCUT2D eigenvalue weighted by molar-refractivity contribution is 0.0702. The summed E-state index contributed by atoms with van der Waals surface area (Å²) in [6.07, 6.45) is 1.33. The number of hydrogen-bond donors (Lipinski definition) is 1. The van der Waals surface area contributed by atoms with Crippen LogP contribution in [0, 0.1) is 0 Å². The van der Waals surface area contributed by atoms with Crippen molar-refractivity contribution in [2.24, 2.45) is 0 Å². The summed E-state index contributed by atoms with van der Waals surface area (Å²) in [6, 6.07) is 3.51. The first kappa shape index (κ1) is 11.8. The van der Waals surface area contributed by atoms with E-state index in [9.17, 15) is 4.79 Å². The van der Waals surface area contributed by atoms with Gasteiger partial charge in [0.15, 0.2) is 11.5 Å². The quantitative estimate of drug-likeness (QED) is 0.928. The minimum atomic E-state index is -0.989. The summed E-state index contributed by atoms with van der Waals surface area (Å²) in [7, 11) is 1.53. The Morgan fingerprint density at radius 2 is 2.32 bits per heavy atom. The number of aromatic carboxylic acids is 1. The van der Waals surface area contributed by atoms with Crippen molar-refractivity contribution in [1.29, 1.82) is 0 Å². The van der Waals surface area contributed by atoms with Crippen LogP contribution in [0.2, 0.25) is 0 Å². The normalized spacial score (nSPS) is 12.5. The Labute approximate surface area is 112 Å². The number of benzene rings is 1. The number of methoxy groups -OCH3 is 1. The highest BCUT2D eigenvalue weighted by Gasteiger charge is 2.21. The van der Waals surface area contributed by atoms with Gasteiger partial charge in [0.25, 0.3) is 0 Å². The SMILES string of the molecule is COc1cc(-c2ncc(C(=O)O)s2)cc2c1OCO2. The highest BCUT2D eigenvalue weighted by Crippen LogP contribution is 2.44. The number of carboxylic acids is 1. The Morgan fingerprint density at radius 1 is 1.47 bits per heavy atom. The molecule has 0 spiro atoms. The summed E-state index contributed by atoms with van der Waals surface area (Å²) >= 11 is 1.10. The van der Waals surface area contributed by atoms with Gasteiger partial charge in [0.1, 0.15) is 9.88 Å². The van der Waals surface area contributed by atoms with Crippen molar-refractivity contribution < 1.29 is 24.1 Å². The van der Waals surface area contributed by atoms with E-state index in [0.717, 1.165) is 16.9 Å². The smallest absolute Gasteiger partial charge is 0.347 e. The Hall–Kier alpha value is -2.28. The largest absolute Gasteiger partial charge is 0.493 e. The van der Waals surface area contributed by atoms with Crippen molar-refractivity contribution in [1.82, 2.24) is 4.98 Å². The summed E-state index contributed by atoms with van der Waals surface area (Å²) in [6.45, 7) is 0.146. The fourth-order valence-electron chi connectivity index (χ4n) is 1.76. The lowest BCUT2D eigenvalue weighted by Crippen LogP contribution is -1.93. The maximum absolute atomic E-state index is 10.9. The number of nitrogens with zero attached hydrogens (tertiary/aromatic N) is 1. The molecule has 0 saturated carbocycles. The van der Waals surface area contributed by atoms with Gasteiger partial charge in [-0.05, 0) is 12.1 Å². The van der Waals surface area contributed by atoms with E-state index in [1.54, 1.807) is 12.1 Å². The number of ether oxygens (including phenoxy) is 3. The molecule has 1 N–H and O–H groups in total. The van der Waals surface area contributed by atoms with Gasteiger partial charge >= 0.3 is 5.97 Å². The molecule has 1 aliphatic rings. The average molecular weight is 279 g/mol. The van der Waals surface area contributed by atoms with Crippen LogP contribution >= 0.6 is 11.3 Å². The van der Waals surface area contributed by atoms with E-state index >= 15 is 0 Å². The van der Waals surface area contributed by atoms with Crippen LogP contribution in [0.25, 0.3) is 10.6 Å². The number of carbonyl (C=O) groups is 1. The second-order valence-electron chi connectivity index (χ2n) is 3.75. The van der Waals surface area contributed by atoms with Crippen LogP contribution in [0.15, 0.2) is 18.3 Å². The molecule has 0 saturated heterocycles. The van der Waals surface area contributed by atoms with E-state index in [1.807, 2.05) is 0 Å². The predicted octanol–water partition coefficient (Wildman–Crippen LogP) is 2.25. The van der Waals surface area contributed by atoms with Gasteiger partial charge in [-0.2, -0.15) is 0 Å². The molecule has 2 aromatic rings. The van der Waals surface area contributed by atoms with Crippen LogP contribution < -0.4 is 14.2 Å². The molecule has 3 rings (SSSR count). The van der Waals surface area contributed by atoms with Gasteiger partial charge in [0.2, 0.25) is 12.5 Å². The maximum Gasteiger partial charge on any atom is 0.347 e. The van der Waals surface area contributed by atoms with Crippen molar-refractivity contribution in [2.45, 2.75) is 0 Å². The number of rotatable bonds is 3. The summed E-state index contributed by atoms with van der Waals surface area (Å²) in [4.78, 5) is 15.1. The third-order valence-electron chi connectivity index (χ3n) is 2.62. The molecule has 0 unspecified atom stereocenters. The lowest BCUT2D eigenvalue weighted by atomic mass is 10.2. The van der Waals surface area contributed by atoms with E-state index in [2.05, 4.69) is 4.98 Å². The van der Waals surface area contributed by atoms with Crippen LogP contribution in [0.4, 0.5) is 0 Å². The molecule has 7 heteroatoms. The fraction of sp³-hybridized carbons (Fsp3) is 0.167. The monoisotopic (exact) mass is 279 g/mol. The van der Waals surface area contributed by atoms with E-state index in [4.69, 9.17) is 19.3 Å². The molecule has 2 heterocycles. The zero-order valence-electron chi connectivity index (χ0n) is 9.87. The van der Waals surface area contributed by atoms with Gasteiger partial charge in [-0.15, -0.1) is 11.3 Å². The predicted molar refractivity (Wildman–Crippen MR) is 67.2 cm³/mol. The second kappa shape index (κ2) is 4.43. The van der Waals surface area contributed by atoms with Crippen LogP contribution in [-0.2, 0) is 0 Å². The first-order valence-corrected chi connectivity index (χ1v) is 6.18. The fourth-order valence-corrected chi connectivity index (χ4v) is 2.50. The highest BCUT2D eigenvalue weighted by molar-refractivity contribution is 7.16. The summed E-state index contributed by atoms with van der Waals surface area (Å²) < 4.78 is 15.8. The van der Waals surface area contributed by atoms with Gasteiger partial charge in [-0.1, -0.05) is 0 Å². The Morgan fingerprint density at radius 3 is 3.00 bits per heavy atom. The van der Waals surface area contributed by atoms with E-state index in [0.29, 0.717) is 22.3 Å². The number of carboxylic acid groups (broad SMARTS) is 1. The molecule has 0 fully saturated rings. The summed E-state index contributed by atoms with van der Waals surface area (Å²) in [5, 5.41) is 9.49. The molecule has 0 radical (unpaired) electrons. The maximum atomic E-state index is 10.9. The molecule has 6 nitrogen and oxygen atoms in total. The van der Waals surface area contributed by atoms with Gasteiger partial charge in [0.05, 0.1) is 13.3 Å². The van der Waals surface area contributed by atoms with Gasteiger partial charge in [-0.3, -0.25) is 0 Å². The van der Waals surface area contributed by atoms with Gasteiger partial charge < -0.3 is 19.3 Å². The van der Waals surface area contributed by atoms with E-state index in [1.165, 1.54) is 13.3 Å². The molecule has 0 atom stereocenters. The molecular weight excluding hydrogens is 270 g/mol. The second-order valence-corrected chi connectivity index (χ2v) is 4.78. The minimum absolute atomic E-state index is 0.146. The average Bonchev–Trinajstić information content (AvgIpc) is 3.05. The topological polar surface area (TPSA) is 77.9 Å². The molecule has 19 heavy (non-hydrogen) atoms. The van der Waals surface area contributed by atoms with Crippen molar-refractivity contribution in [3.63, 3.8) is 0 Å². The van der Waals surface area contributed by atoms with Crippen molar-refractivity contribution in [3.05, 3.63) is 23.2 Å². The summed E-state index contributed by atoms with van der Waals surface area (Å²) in [5.41, 5.74) is 0.735. The third kappa shape index (κ3) is 1.97. The zero-order chi connectivity index (χ0) is 13.4. The standard InChI is InChI=1S/C12H9NO5S/c1-16-7-2-6(3-8-10(7)18-5-17-8)11-13-4-9(19-11)12(14)15/h2-4H,5H2,1H3,(H,14,15). The number of hydrogen-bond acceptors (Lipinski definition) is 6. The Kier molecular flexibility index (Phi) is 2.75. The van der Waals surface area contributed by atoms with Crippen LogP contribution in [0.3, 0.4) is 0 Å². The number of fused-ring (bicyclic) bond motifs is 1. The van der Waals surface area contributed by atoms with Crippen molar-refractivity contribution in [3.8, 4) is 27.8 Å². The Balaban J connectivity index is 2.07. The molecule has 1 aromatic carbocycles. The number of thiazole rings is 1. The highest BCUT2D eigenvalue weighted by atomic mass is 32.1. The van der Waals surface area contributed by atoms with Crippen molar-refractivity contribution in [2.75, 3.05) is 13.9 Å². The molecule has 0 bridgehead atoms. The molecule has 1 aliphatic heterocycles. The zero-order valence-corrected chi connectivity index (χ0v) is 10.7. The van der Waals surface area contributed by atoms with Crippen LogP contribution in [0.5, 0.6) is 17.2 Å². The summed E-state index contributed by atoms with van der Waals surface area (Å²) in [5.74, 6) is 0.677. The van der Waals surface area contributed by atoms with Crippen LogP contribution in [0.1, 0.15) is 9.67 Å². The number of aromatic nitrogens is 1. The molecular formula is C12H9NO5S. The first-order chi connectivity index (χ1) is 9.19.